The van der Waals surface area contributed by atoms with Crippen molar-refractivity contribution in [1.82, 2.24) is 4.90 Å². The smallest absolute Gasteiger partial charge is 0.387 e. The van der Waals surface area contributed by atoms with Gasteiger partial charge in [-0.1, -0.05) is 0 Å². The fraction of sp³-hybridized carbons (Fsp3) is 0.533. The molecule has 1 saturated heterocycles. The lowest BCUT2D eigenvalue weighted by Gasteiger charge is -2.33. The first-order valence-electron chi connectivity index (χ1n) is 7.23. The maximum Gasteiger partial charge on any atom is 0.387 e. The van der Waals surface area contributed by atoms with Crippen molar-refractivity contribution in [2.45, 2.75) is 44.9 Å². The van der Waals surface area contributed by atoms with E-state index < -0.39 is 29.8 Å². The normalized spacial score (nSPS) is 18.4. The highest BCUT2D eigenvalue weighted by molar-refractivity contribution is 5.91. The van der Waals surface area contributed by atoms with E-state index in [1.807, 2.05) is 0 Å². The van der Waals surface area contributed by atoms with Gasteiger partial charge in [0.2, 0.25) is 0 Å². The number of alkyl halides is 2. The number of aliphatic hydroxyl groups is 1. The first-order chi connectivity index (χ1) is 10.7. The van der Waals surface area contributed by atoms with Gasteiger partial charge in [-0.25, -0.2) is 9.18 Å². The average Bonchev–Trinajstić information content (AvgIpc) is 2.90. The standard InChI is InChI=1S/C15H19F3N2O3/c1-15(2,22)12-4-3-7-20(12)14(21)19-10-6-5-9(16)8-11(10)23-13(17)18/h5-6,8,12-13,22H,3-4,7H2,1-2H3,(H,19,21). The van der Waals surface area contributed by atoms with Gasteiger partial charge in [-0.3, -0.25) is 0 Å². The predicted molar refractivity (Wildman–Crippen MR) is 78.1 cm³/mol. The van der Waals surface area contributed by atoms with Crippen molar-refractivity contribution in [3.63, 3.8) is 0 Å². The van der Waals surface area contributed by atoms with Crippen molar-refractivity contribution in [2.24, 2.45) is 0 Å². The number of hydrogen-bond acceptors (Lipinski definition) is 3. The number of rotatable bonds is 4. The van der Waals surface area contributed by atoms with Crippen LogP contribution in [0.25, 0.3) is 0 Å². The molecule has 1 aromatic carbocycles. The molecule has 5 nitrogen and oxygen atoms in total. The molecule has 1 heterocycles. The number of urea groups is 1. The lowest BCUT2D eigenvalue weighted by molar-refractivity contribution is -0.0495. The number of nitrogens with one attached hydrogen (secondary N) is 1. The number of nitrogens with zero attached hydrogens (tertiary/aromatic N) is 1. The highest BCUT2D eigenvalue weighted by Crippen LogP contribution is 2.30. The van der Waals surface area contributed by atoms with Crippen molar-refractivity contribution in [3.8, 4) is 5.75 Å². The van der Waals surface area contributed by atoms with E-state index in [0.29, 0.717) is 13.0 Å². The van der Waals surface area contributed by atoms with Gasteiger partial charge in [0.15, 0.2) is 5.75 Å². The molecule has 8 heteroatoms. The van der Waals surface area contributed by atoms with Crippen LogP contribution in [0.3, 0.4) is 0 Å². The molecular formula is C15H19F3N2O3. The fourth-order valence-electron chi connectivity index (χ4n) is 2.72. The highest BCUT2D eigenvalue weighted by atomic mass is 19.3. The summed E-state index contributed by atoms with van der Waals surface area (Å²) in [7, 11) is 0. The van der Waals surface area contributed by atoms with Gasteiger partial charge in [0.05, 0.1) is 17.3 Å². The van der Waals surface area contributed by atoms with Crippen LogP contribution in [0, 0.1) is 5.82 Å². The number of hydrogen-bond donors (Lipinski definition) is 2. The Kier molecular flexibility index (Phi) is 5.03. The number of carbonyl (C=O) groups is 1. The summed E-state index contributed by atoms with van der Waals surface area (Å²) in [4.78, 5) is 13.8. The molecular weight excluding hydrogens is 313 g/mol. The summed E-state index contributed by atoms with van der Waals surface area (Å²) < 4.78 is 42.2. The lowest BCUT2D eigenvalue weighted by atomic mass is 9.97. The van der Waals surface area contributed by atoms with Crippen molar-refractivity contribution in [3.05, 3.63) is 24.0 Å². The summed E-state index contributed by atoms with van der Waals surface area (Å²) in [6.45, 7) is 0.509. The number of anilines is 1. The second-order valence-electron chi connectivity index (χ2n) is 5.95. The van der Waals surface area contributed by atoms with E-state index in [1.165, 1.54) is 4.90 Å². The van der Waals surface area contributed by atoms with E-state index in [9.17, 15) is 23.1 Å². The minimum Gasteiger partial charge on any atom is -0.432 e. The molecule has 1 atom stereocenters. The van der Waals surface area contributed by atoms with Gasteiger partial charge in [0.1, 0.15) is 5.82 Å². The Hall–Kier alpha value is -1.96. The summed E-state index contributed by atoms with van der Waals surface area (Å²) in [5.74, 6) is -1.21. The first kappa shape index (κ1) is 17.4. The minimum atomic E-state index is -3.14. The van der Waals surface area contributed by atoms with Crippen LogP contribution in [0.15, 0.2) is 18.2 Å². The average molecular weight is 332 g/mol. The SMILES string of the molecule is CC(C)(O)C1CCCN1C(=O)Nc1ccc(F)cc1OC(F)F. The number of benzene rings is 1. The third-order valence-electron chi connectivity index (χ3n) is 3.73. The maximum absolute atomic E-state index is 13.2. The summed E-state index contributed by atoms with van der Waals surface area (Å²) in [6, 6.07) is 2.02. The lowest BCUT2D eigenvalue weighted by Crippen LogP contribution is -2.49. The van der Waals surface area contributed by atoms with Gasteiger partial charge in [-0.15, -0.1) is 0 Å². The Morgan fingerprint density at radius 1 is 1.48 bits per heavy atom. The number of likely N-dealkylation sites (tertiary alicyclic amines) is 1. The number of halogens is 3. The predicted octanol–water partition coefficient (Wildman–Crippen LogP) is 3.19. The third kappa shape index (κ3) is 4.28. The molecule has 2 rings (SSSR count). The molecule has 128 valence electrons. The maximum atomic E-state index is 13.2. The van der Waals surface area contributed by atoms with Crippen LogP contribution in [0.1, 0.15) is 26.7 Å². The zero-order valence-electron chi connectivity index (χ0n) is 12.9. The van der Waals surface area contributed by atoms with Crippen LogP contribution in [-0.4, -0.2) is 40.8 Å². The van der Waals surface area contributed by atoms with Crippen LogP contribution in [-0.2, 0) is 0 Å². The van der Waals surface area contributed by atoms with Crippen molar-refractivity contribution in [1.29, 1.82) is 0 Å². The molecule has 2 N–H and O–H groups in total. The van der Waals surface area contributed by atoms with Gasteiger partial charge in [-0.2, -0.15) is 8.78 Å². The monoisotopic (exact) mass is 332 g/mol. The van der Waals surface area contributed by atoms with Gasteiger partial charge in [-0.05, 0) is 38.8 Å². The second-order valence-corrected chi connectivity index (χ2v) is 5.95. The van der Waals surface area contributed by atoms with Crippen molar-refractivity contribution in [2.75, 3.05) is 11.9 Å². The number of ether oxygens (including phenoxy) is 1. The molecule has 1 aliphatic heterocycles. The van der Waals surface area contributed by atoms with Crippen LogP contribution >= 0.6 is 0 Å². The summed E-state index contributed by atoms with van der Waals surface area (Å²) in [5, 5.41) is 12.6. The second kappa shape index (κ2) is 6.66. The zero-order chi connectivity index (χ0) is 17.2. The van der Waals surface area contributed by atoms with E-state index in [2.05, 4.69) is 10.1 Å². The minimum absolute atomic E-state index is 0.0573. The van der Waals surface area contributed by atoms with Crippen LogP contribution < -0.4 is 10.1 Å². The Labute approximate surface area is 132 Å². The Morgan fingerprint density at radius 2 is 2.17 bits per heavy atom. The molecule has 23 heavy (non-hydrogen) atoms. The number of amides is 2. The topological polar surface area (TPSA) is 61.8 Å². The van der Waals surface area contributed by atoms with Crippen LogP contribution in [0.5, 0.6) is 5.75 Å². The summed E-state index contributed by atoms with van der Waals surface area (Å²) >= 11 is 0. The molecule has 2 amide bonds. The van der Waals surface area contributed by atoms with Gasteiger partial charge >= 0.3 is 12.6 Å². The van der Waals surface area contributed by atoms with Crippen LogP contribution in [0.2, 0.25) is 0 Å². The van der Waals surface area contributed by atoms with E-state index in [-0.39, 0.29) is 11.7 Å². The number of carbonyl (C=O) groups excluding carboxylic acids is 1. The van der Waals surface area contributed by atoms with E-state index in [1.54, 1.807) is 13.8 Å². The molecule has 0 bridgehead atoms. The van der Waals surface area contributed by atoms with Gasteiger partial charge in [0.25, 0.3) is 0 Å². The molecule has 0 radical (unpaired) electrons. The zero-order valence-corrected chi connectivity index (χ0v) is 12.9. The molecule has 1 aliphatic rings. The Bertz CT molecular complexity index is 576. The molecule has 0 aromatic heterocycles. The molecule has 0 saturated carbocycles. The summed E-state index contributed by atoms with van der Waals surface area (Å²) in [6.07, 6.45) is 1.37. The van der Waals surface area contributed by atoms with E-state index in [4.69, 9.17) is 0 Å². The quantitative estimate of drug-likeness (QED) is 0.890. The Balaban J connectivity index is 2.17. The van der Waals surface area contributed by atoms with Gasteiger partial charge in [0, 0.05) is 12.6 Å². The highest BCUT2D eigenvalue weighted by Gasteiger charge is 2.38. The summed E-state index contributed by atoms with van der Waals surface area (Å²) in [5.41, 5.74) is -1.14. The first-order valence-corrected chi connectivity index (χ1v) is 7.23. The fourth-order valence-corrected chi connectivity index (χ4v) is 2.72. The third-order valence-corrected chi connectivity index (χ3v) is 3.73. The molecule has 1 aromatic rings. The van der Waals surface area contributed by atoms with Gasteiger partial charge < -0.3 is 20.1 Å². The largest absolute Gasteiger partial charge is 0.432 e. The Morgan fingerprint density at radius 3 is 2.78 bits per heavy atom. The molecule has 0 aliphatic carbocycles. The van der Waals surface area contributed by atoms with Crippen molar-refractivity contribution >= 4 is 11.7 Å². The molecule has 1 unspecified atom stereocenters. The van der Waals surface area contributed by atoms with Crippen molar-refractivity contribution < 1.29 is 27.8 Å². The molecule has 1 fully saturated rings. The van der Waals surface area contributed by atoms with E-state index in [0.717, 1.165) is 24.6 Å². The van der Waals surface area contributed by atoms with Crippen LogP contribution in [0.4, 0.5) is 23.7 Å². The molecule has 0 spiro atoms. The van der Waals surface area contributed by atoms with E-state index >= 15 is 0 Å².